The minimum atomic E-state index is 0.341. The molecule has 1 aromatic heterocycles. The number of rotatable bonds is 3. The number of phenolic OH excluding ortho intramolecular Hbond substituents is 1. The van der Waals surface area contributed by atoms with Crippen LogP contribution in [0.1, 0.15) is 15.6 Å². The van der Waals surface area contributed by atoms with Crippen LogP contribution in [0.4, 0.5) is 5.69 Å². The molecule has 1 aliphatic heterocycles. The SMILES string of the molecule is CN=C(NCc1nc(C)c(C)s1)N1CCN(c2ccccc2O)CC1. The summed E-state index contributed by atoms with van der Waals surface area (Å²) in [6.07, 6.45) is 0. The Morgan fingerprint density at radius 1 is 1.24 bits per heavy atom. The van der Waals surface area contributed by atoms with Gasteiger partial charge in [-0.1, -0.05) is 12.1 Å². The number of hydrogen-bond acceptors (Lipinski definition) is 5. The van der Waals surface area contributed by atoms with E-state index in [1.165, 1.54) is 4.88 Å². The van der Waals surface area contributed by atoms with Crippen LogP contribution in [0, 0.1) is 13.8 Å². The van der Waals surface area contributed by atoms with Crippen LogP contribution in [0.2, 0.25) is 0 Å². The van der Waals surface area contributed by atoms with Gasteiger partial charge in [-0.3, -0.25) is 4.99 Å². The van der Waals surface area contributed by atoms with Crippen LogP contribution in [0.3, 0.4) is 0 Å². The van der Waals surface area contributed by atoms with Gasteiger partial charge in [0.2, 0.25) is 0 Å². The average molecular weight is 359 g/mol. The third-order valence-corrected chi connectivity index (χ3v) is 5.56. The molecule has 0 spiro atoms. The lowest BCUT2D eigenvalue weighted by Gasteiger charge is -2.37. The fourth-order valence-corrected chi connectivity index (χ4v) is 3.87. The maximum absolute atomic E-state index is 10.0. The summed E-state index contributed by atoms with van der Waals surface area (Å²) in [6.45, 7) is 8.28. The Kier molecular flexibility index (Phi) is 5.43. The highest BCUT2D eigenvalue weighted by atomic mass is 32.1. The van der Waals surface area contributed by atoms with E-state index in [0.717, 1.165) is 48.5 Å². The number of nitrogens with one attached hydrogen (secondary N) is 1. The van der Waals surface area contributed by atoms with E-state index in [4.69, 9.17) is 0 Å². The van der Waals surface area contributed by atoms with Crippen LogP contribution >= 0.6 is 11.3 Å². The number of para-hydroxylation sites is 2. The maximum Gasteiger partial charge on any atom is 0.194 e. The molecule has 2 aromatic rings. The molecule has 1 saturated heterocycles. The van der Waals surface area contributed by atoms with Crippen molar-refractivity contribution in [2.45, 2.75) is 20.4 Å². The van der Waals surface area contributed by atoms with E-state index in [1.807, 2.05) is 32.2 Å². The molecule has 0 atom stereocenters. The van der Waals surface area contributed by atoms with Crippen LogP contribution in [0.25, 0.3) is 0 Å². The van der Waals surface area contributed by atoms with Gasteiger partial charge in [0.15, 0.2) is 5.96 Å². The van der Waals surface area contributed by atoms with Gasteiger partial charge < -0.3 is 20.2 Å². The zero-order chi connectivity index (χ0) is 17.8. The number of aryl methyl sites for hydroxylation is 2. The molecule has 0 amide bonds. The second kappa shape index (κ2) is 7.74. The summed E-state index contributed by atoms with van der Waals surface area (Å²) in [5.74, 6) is 1.25. The van der Waals surface area contributed by atoms with Gasteiger partial charge >= 0.3 is 0 Å². The molecule has 0 aliphatic carbocycles. The molecular formula is C18H25N5OS. The molecule has 1 aliphatic rings. The van der Waals surface area contributed by atoms with Crippen LogP contribution < -0.4 is 10.2 Å². The summed E-state index contributed by atoms with van der Waals surface area (Å²) in [5.41, 5.74) is 2.01. The van der Waals surface area contributed by atoms with Crippen molar-refractivity contribution in [1.29, 1.82) is 0 Å². The molecule has 0 saturated carbocycles. The van der Waals surface area contributed by atoms with Crippen LogP contribution in [0.5, 0.6) is 5.75 Å². The molecular weight excluding hydrogens is 334 g/mol. The van der Waals surface area contributed by atoms with Gasteiger partial charge in [-0.25, -0.2) is 4.98 Å². The second-order valence-corrected chi connectivity index (χ2v) is 7.40. The molecule has 0 radical (unpaired) electrons. The van der Waals surface area contributed by atoms with Gasteiger partial charge in [0, 0.05) is 38.1 Å². The lowest BCUT2D eigenvalue weighted by molar-refractivity contribution is 0.369. The molecule has 1 aromatic carbocycles. The molecule has 0 bridgehead atoms. The number of hydrogen-bond donors (Lipinski definition) is 2. The van der Waals surface area contributed by atoms with Crippen LogP contribution in [-0.4, -0.2) is 54.2 Å². The van der Waals surface area contributed by atoms with Gasteiger partial charge in [-0.05, 0) is 26.0 Å². The van der Waals surface area contributed by atoms with Gasteiger partial charge in [0.1, 0.15) is 10.8 Å². The normalized spacial score (nSPS) is 15.6. The Morgan fingerprint density at radius 3 is 2.56 bits per heavy atom. The summed E-state index contributed by atoms with van der Waals surface area (Å²) in [7, 11) is 1.82. The van der Waals surface area contributed by atoms with Crippen molar-refractivity contribution >= 4 is 23.0 Å². The highest BCUT2D eigenvalue weighted by molar-refractivity contribution is 7.11. The number of anilines is 1. The van der Waals surface area contributed by atoms with Gasteiger partial charge in [0.25, 0.3) is 0 Å². The molecule has 0 unspecified atom stereocenters. The van der Waals surface area contributed by atoms with Gasteiger partial charge in [-0.15, -0.1) is 11.3 Å². The Bertz CT molecular complexity index is 730. The first-order valence-corrected chi connectivity index (χ1v) is 9.31. The molecule has 7 heteroatoms. The second-order valence-electron chi connectivity index (χ2n) is 6.11. The molecule has 1 fully saturated rings. The average Bonchev–Trinajstić information content (AvgIpc) is 2.94. The van der Waals surface area contributed by atoms with Gasteiger partial charge in [-0.2, -0.15) is 0 Å². The van der Waals surface area contributed by atoms with Crippen molar-refractivity contribution in [3.05, 3.63) is 39.8 Å². The number of aromatic hydroxyl groups is 1. The zero-order valence-electron chi connectivity index (χ0n) is 15.0. The molecule has 3 rings (SSSR count). The number of aliphatic imine (C=N–C) groups is 1. The monoisotopic (exact) mass is 359 g/mol. The zero-order valence-corrected chi connectivity index (χ0v) is 15.8. The Hall–Kier alpha value is -2.28. The van der Waals surface area contributed by atoms with E-state index >= 15 is 0 Å². The van der Waals surface area contributed by atoms with Crippen LogP contribution in [0.15, 0.2) is 29.3 Å². The largest absolute Gasteiger partial charge is 0.506 e. The number of aromatic nitrogens is 1. The predicted octanol–water partition coefficient (Wildman–Crippen LogP) is 2.36. The third kappa shape index (κ3) is 4.04. The standard InChI is InChI=1S/C18H25N5OS/c1-13-14(2)25-17(21-13)12-20-18(19-3)23-10-8-22(9-11-23)15-6-4-5-7-16(15)24/h4-7,24H,8-12H2,1-3H3,(H,19,20). The van der Waals surface area contributed by atoms with Crippen molar-refractivity contribution < 1.29 is 5.11 Å². The molecule has 2 heterocycles. The quantitative estimate of drug-likeness (QED) is 0.651. The first-order valence-electron chi connectivity index (χ1n) is 8.50. The highest BCUT2D eigenvalue weighted by Crippen LogP contribution is 2.27. The molecule has 134 valence electrons. The lowest BCUT2D eigenvalue weighted by Crippen LogP contribution is -2.52. The predicted molar refractivity (Wildman–Crippen MR) is 104 cm³/mol. The van der Waals surface area contributed by atoms with E-state index < -0.39 is 0 Å². The van der Waals surface area contributed by atoms with Crippen molar-refractivity contribution in [2.24, 2.45) is 4.99 Å². The number of piperazine rings is 1. The Labute approximate surface area is 152 Å². The summed E-state index contributed by atoms with van der Waals surface area (Å²) < 4.78 is 0. The summed E-state index contributed by atoms with van der Waals surface area (Å²) in [5, 5.41) is 14.5. The number of phenols is 1. The summed E-state index contributed by atoms with van der Waals surface area (Å²) >= 11 is 1.73. The number of nitrogens with zero attached hydrogens (tertiary/aromatic N) is 4. The van der Waals surface area contributed by atoms with E-state index in [9.17, 15) is 5.11 Å². The summed E-state index contributed by atoms with van der Waals surface area (Å²) in [4.78, 5) is 14.7. The minimum absolute atomic E-state index is 0.341. The number of guanidine groups is 1. The highest BCUT2D eigenvalue weighted by Gasteiger charge is 2.21. The first-order chi connectivity index (χ1) is 12.1. The van der Waals surface area contributed by atoms with E-state index in [-0.39, 0.29) is 0 Å². The molecule has 2 N–H and O–H groups in total. The van der Waals surface area contributed by atoms with E-state index in [2.05, 4.69) is 32.0 Å². The number of benzene rings is 1. The Morgan fingerprint density at radius 2 is 1.96 bits per heavy atom. The maximum atomic E-state index is 10.0. The third-order valence-electron chi connectivity index (χ3n) is 4.48. The van der Waals surface area contributed by atoms with E-state index in [1.54, 1.807) is 17.4 Å². The van der Waals surface area contributed by atoms with Crippen molar-refractivity contribution in [3.63, 3.8) is 0 Å². The molecule has 6 nitrogen and oxygen atoms in total. The fraction of sp³-hybridized carbons (Fsp3) is 0.444. The molecule has 25 heavy (non-hydrogen) atoms. The fourth-order valence-electron chi connectivity index (χ4n) is 2.99. The topological polar surface area (TPSA) is 64.0 Å². The van der Waals surface area contributed by atoms with Crippen LogP contribution in [-0.2, 0) is 6.54 Å². The van der Waals surface area contributed by atoms with Crippen molar-refractivity contribution in [1.82, 2.24) is 15.2 Å². The van der Waals surface area contributed by atoms with Crippen molar-refractivity contribution in [2.75, 3.05) is 38.1 Å². The van der Waals surface area contributed by atoms with Gasteiger partial charge in [0.05, 0.1) is 17.9 Å². The lowest BCUT2D eigenvalue weighted by atomic mass is 10.2. The smallest absolute Gasteiger partial charge is 0.194 e. The first kappa shape index (κ1) is 17.5. The number of thiazole rings is 1. The minimum Gasteiger partial charge on any atom is -0.506 e. The Balaban J connectivity index is 1.56. The summed E-state index contributed by atoms with van der Waals surface area (Å²) in [6, 6.07) is 7.51. The van der Waals surface area contributed by atoms with Crippen molar-refractivity contribution in [3.8, 4) is 5.75 Å². The van der Waals surface area contributed by atoms with E-state index in [0.29, 0.717) is 12.3 Å².